The average molecular weight is 654 g/mol. The minimum absolute atomic E-state index is 0.793. The quantitative estimate of drug-likeness (QED) is 0.172. The van der Waals surface area contributed by atoms with Gasteiger partial charge in [0.1, 0.15) is 5.82 Å². The molecule has 0 aliphatic carbocycles. The van der Waals surface area contributed by atoms with E-state index in [1.807, 2.05) is 61.2 Å². The van der Waals surface area contributed by atoms with Crippen LogP contribution in [-0.2, 0) is 0 Å². The molecule has 0 N–H and O–H groups in total. The van der Waals surface area contributed by atoms with Crippen molar-refractivity contribution in [2.75, 3.05) is 0 Å². The Kier molecular flexibility index (Phi) is 6.67. The predicted molar refractivity (Wildman–Crippen MR) is 204 cm³/mol. The van der Waals surface area contributed by atoms with E-state index in [1.165, 1.54) is 0 Å². The number of rotatable bonds is 5. The minimum Gasteiger partial charge on any atom is -0.294 e. The van der Waals surface area contributed by atoms with E-state index < -0.39 is 0 Å². The number of pyridine rings is 6. The zero-order chi connectivity index (χ0) is 33.7. The van der Waals surface area contributed by atoms with Crippen LogP contribution >= 0.6 is 0 Å². The highest BCUT2D eigenvalue weighted by atomic mass is 15.1. The highest BCUT2D eigenvalue weighted by molar-refractivity contribution is 6.08. The summed E-state index contributed by atoms with van der Waals surface area (Å²) >= 11 is 0. The first-order valence-corrected chi connectivity index (χ1v) is 16.8. The molecule has 7 heterocycles. The molecule has 51 heavy (non-hydrogen) atoms. The molecule has 0 atom stereocenters. The molecule has 0 saturated carbocycles. The third-order valence-corrected chi connectivity index (χ3v) is 9.41. The van der Waals surface area contributed by atoms with Crippen molar-refractivity contribution in [2.24, 2.45) is 0 Å². The summed E-state index contributed by atoms with van der Waals surface area (Å²) in [5.41, 5.74) is 11.1. The van der Waals surface area contributed by atoms with Crippen molar-refractivity contribution in [3.8, 4) is 50.8 Å². The van der Waals surface area contributed by atoms with E-state index in [2.05, 4.69) is 112 Å². The summed E-state index contributed by atoms with van der Waals surface area (Å²) < 4.78 is 2.18. The molecule has 10 rings (SSSR count). The van der Waals surface area contributed by atoms with Crippen molar-refractivity contribution in [1.29, 1.82) is 0 Å². The predicted octanol–water partition coefficient (Wildman–Crippen LogP) is 10.1. The number of fused-ring (bicyclic) bond motifs is 6. The molecule has 0 radical (unpaired) electrons. The highest BCUT2D eigenvalue weighted by Crippen LogP contribution is 2.34. The van der Waals surface area contributed by atoms with E-state index in [4.69, 9.17) is 19.9 Å². The van der Waals surface area contributed by atoms with Gasteiger partial charge in [0.05, 0.1) is 44.8 Å². The van der Waals surface area contributed by atoms with Crippen molar-refractivity contribution in [1.82, 2.24) is 34.5 Å². The Morgan fingerprint density at radius 1 is 0.392 bits per heavy atom. The lowest BCUT2D eigenvalue weighted by Crippen LogP contribution is -1.98. The lowest BCUT2D eigenvalue weighted by Gasteiger charge is -2.12. The van der Waals surface area contributed by atoms with Crippen LogP contribution in [0.25, 0.3) is 94.5 Å². The minimum atomic E-state index is 0.793. The first kappa shape index (κ1) is 28.9. The SMILES string of the molecule is c1ccc(-c2ccc3ccc4ccc(-c5cc(-c6cccnc6)nc(-c6ccc(-n7c8ccccc8c8cnccc87)nc6)c5)nc4c3n2)cc1. The van der Waals surface area contributed by atoms with E-state index in [0.717, 1.165) is 94.5 Å². The molecule has 0 bridgehead atoms. The van der Waals surface area contributed by atoms with Crippen LogP contribution in [0, 0.1) is 0 Å². The standard InChI is InChI=1S/C44H27N7/c1-2-7-28(8-3-1)36-17-14-29-12-13-30-15-18-37(50-44(30)43(29)49-36)33-23-38(31-9-6-21-45-25-31)48-39(24-33)32-16-19-42(47-26-32)51-40-11-5-4-10-34(40)35-27-46-22-20-41(35)51/h1-27H. The first-order valence-electron chi connectivity index (χ1n) is 16.8. The van der Waals surface area contributed by atoms with E-state index in [0.29, 0.717) is 0 Å². The molecule has 7 aromatic heterocycles. The van der Waals surface area contributed by atoms with Gasteiger partial charge >= 0.3 is 0 Å². The Hall–Kier alpha value is -7.12. The van der Waals surface area contributed by atoms with E-state index >= 15 is 0 Å². The van der Waals surface area contributed by atoms with Gasteiger partial charge in [0.2, 0.25) is 0 Å². The van der Waals surface area contributed by atoms with Crippen LogP contribution in [0.1, 0.15) is 0 Å². The molecule has 0 fully saturated rings. The van der Waals surface area contributed by atoms with Gasteiger partial charge in [0.15, 0.2) is 0 Å². The maximum Gasteiger partial charge on any atom is 0.137 e. The molecular weight excluding hydrogens is 627 g/mol. The van der Waals surface area contributed by atoms with Gasteiger partial charge in [0.25, 0.3) is 0 Å². The second-order valence-corrected chi connectivity index (χ2v) is 12.5. The van der Waals surface area contributed by atoms with Crippen LogP contribution in [0.5, 0.6) is 0 Å². The summed E-state index contributed by atoms with van der Waals surface area (Å²) in [4.78, 5) is 29.2. The Bertz CT molecular complexity index is 2850. The maximum atomic E-state index is 5.25. The molecule has 0 unspecified atom stereocenters. The number of hydrogen-bond acceptors (Lipinski definition) is 6. The van der Waals surface area contributed by atoms with Crippen LogP contribution in [0.3, 0.4) is 0 Å². The second kappa shape index (κ2) is 11.8. The molecule has 0 spiro atoms. The molecule has 0 aliphatic heterocycles. The molecule has 0 saturated heterocycles. The molecule has 7 heteroatoms. The Morgan fingerprint density at radius 3 is 1.76 bits per heavy atom. The van der Waals surface area contributed by atoms with E-state index in [9.17, 15) is 0 Å². The molecule has 10 aromatic rings. The summed E-state index contributed by atoms with van der Waals surface area (Å²) in [7, 11) is 0. The largest absolute Gasteiger partial charge is 0.294 e. The first-order chi connectivity index (χ1) is 25.3. The Labute approximate surface area is 292 Å². The number of aromatic nitrogens is 7. The number of para-hydroxylation sites is 1. The van der Waals surface area contributed by atoms with Gasteiger partial charge in [-0.1, -0.05) is 72.8 Å². The topological polar surface area (TPSA) is 82.3 Å². The maximum absolute atomic E-state index is 5.25. The molecule has 0 amide bonds. The Morgan fingerprint density at radius 2 is 1.04 bits per heavy atom. The highest BCUT2D eigenvalue weighted by Gasteiger charge is 2.15. The zero-order valence-corrected chi connectivity index (χ0v) is 27.2. The van der Waals surface area contributed by atoms with E-state index in [1.54, 1.807) is 6.20 Å². The van der Waals surface area contributed by atoms with Crippen molar-refractivity contribution in [3.05, 3.63) is 164 Å². The molecule has 238 valence electrons. The van der Waals surface area contributed by atoms with Gasteiger partial charge in [-0.15, -0.1) is 0 Å². The summed E-state index contributed by atoms with van der Waals surface area (Å²) in [5.74, 6) is 0.824. The summed E-state index contributed by atoms with van der Waals surface area (Å²) in [6, 6.07) is 45.5. The number of hydrogen-bond donors (Lipinski definition) is 0. The van der Waals surface area contributed by atoms with Crippen LogP contribution in [0.15, 0.2) is 164 Å². The normalized spacial score (nSPS) is 11.5. The van der Waals surface area contributed by atoms with Crippen LogP contribution in [-0.4, -0.2) is 34.5 Å². The average Bonchev–Trinajstić information content (AvgIpc) is 3.55. The fourth-order valence-electron chi connectivity index (χ4n) is 6.92. The van der Waals surface area contributed by atoms with Crippen molar-refractivity contribution in [3.63, 3.8) is 0 Å². The lowest BCUT2D eigenvalue weighted by molar-refractivity contribution is 1.08. The summed E-state index contributed by atoms with van der Waals surface area (Å²) in [6.07, 6.45) is 9.24. The molecule has 0 aliphatic rings. The number of nitrogens with zero attached hydrogens (tertiary/aromatic N) is 7. The van der Waals surface area contributed by atoms with Crippen LogP contribution in [0.4, 0.5) is 0 Å². The summed E-state index contributed by atoms with van der Waals surface area (Å²) in [5, 5.41) is 4.32. The van der Waals surface area contributed by atoms with Crippen molar-refractivity contribution in [2.45, 2.75) is 0 Å². The van der Waals surface area contributed by atoms with Gasteiger partial charge in [0, 0.05) is 74.8 Å². The fourth-order valence-corrected chi connectivity index (χ4v) is 6.92. The second-order valence-electron chi connectivity index (χ2n) is 12.5. The van der Waals surface area contributed by atoms with Gasteiger partial charge in [-0.3, -0.25) is 14.5 Å². The zero-order valence-electron chi connectivity index (χ0n) is 27.2. The van der Waals surface area contributed by atoms with Crippen LogP contribution < -0.4 is 0 Å². The summed E-state index contributed by atoms with van der Waals surface area (Å²) in [6.45, 7) is 0. The van der Waals surface area contributed by atoms with Crippen molar-refractivity contribution >= 4 is 43.6 Å². The third-order valence-electron chi connectivity index (χ3n) is 9.41. The molecular formula is C44H27N7. The van der Waals surface area contributed by atoms with E-state index in [-0.39, 0.29) is 0 Å². The van der Waals surface area contributed by atoms with Gasteiger partial charge in [-0.05, 0) is 60.7 Å². The lowest BCUT2D eigenvalue weighted by atomic mass is 10.0. The van der Waals surface area contributed by atoms with Gasteiger partial charge < -0.3 is 0 Å². The van der Waals surface area contributed by atoms with Crippen LogP contribution in [0.2, 0.25) is 0 Å². The number of benzene rings is 3. The van der Waals surface area contributed by atoms with Crippen molar-refractivity contribution < 1.29 is 0 Å². The van der Waals surface area contributed by atoms with Gasteiger partial charge in [-0.2, -0.15) is 0 Å². The fraction of sp³-hybridized carbons (Fsp3) is 0. The smallest absolute Gasteiger partial charge is 0.137 e. The monoisotopic (exact) mass is 653 g/mol. The molecule has 3 aromatic carbocycles. The van der Waals surface area contributed by atoms with Gasteiger partial charge in [-0.25, -0.2) is 19.9 Å². The molecule has 7 nitrogen and oxygen atoms in total. The third kappa shape index (κ3) is 4.99. The Balaban J connectivity index is 1.11.